The zero-order chi connectivity index (χ0) is 11.0. The molecule has 0 amide bonds. The average Bonchev–Trinajstić information content (AvgIpc) is 2.74. The van der Waals surface area contributed by atoms with Gasteiger partial charge in [0.2, 0.25) is 0 Å². The monoisotopic (exact) mass is 306 g/mol. The second kappa shape index (κ2) is 4.23. The third-order valence-corrected chi connectivity index (χ3v) is 4.19. The first-order valence-corrected chi connectivity index (χ1v) is 6.36. The highest BCUT2D eigenvalue weighted by atomic mass is 79.9. The van der Waals surface area contributed by atoms with Crippen molar-refractivity contribution in [1.29, 1.82) is 0 Å². The number of alkyl halides is 1. The lowest BCUT2D eigenvalue weighted by molar-refractivity contribution is 0.423. The van der Waals surface area contributed by atoms with E-state index < -0.39 is 0 Å². The number of nitrogens with zero attached hydrogens (tertiary/aromatic N) is 2. The molecule has 2 aromatic rings. The zero-order valence-corrected chi connectivity index (χ0v) is 11.3. The molecule has 0 aliphatic heterocycles. The molecule has 0 bridgehead atoms. The van der Waals surface area contributed by atoms with Crippen molar-refractivity contribution in [3.63, 3.8) is 0 Å². The third-order valence-electron chi connectivity index (χ3n) is 1.87. The van der Waals surface area contributed by atoms with E-state index >= 15 is 0 Å². The molecule has 0 spiro atoms. The van der Waals surface area contributed by atoms with Crippen LogP contribution in [-0.4, -0.2) is 10.1 Å². The van der Waals surface area contributed by atoms with Crippen LogP contribution in [0.1, 0.15) is 23.7 Å². The topological polar surface area (TPSA) is 38.9 Å². The first-order chi connectivity index (χ1) is 7.08. The predicted molar refractivity (Wildman–Crippen MR) is 64.3 cm³/mol. The fourth-order valence-corrected chi connectivity index (χ4v) is 2.61. The summed E-state index contributed by atoms with van der Waals surface area (Å²) in [5.74, 6) is 1.05. The van der Waals surface area contributed by atoms with Crippen LogP contribution in [0.3, 0.4) is 0 Å². The van der Waals surface area contributed by atoms with Crippen LogP contribution in [0.4, 0.5) is 0 Å². The first kappa shape index (κ1) is 11.1. The molecule has 3 nitrogen and oxygen atoms in total. The van der Waals surface area contributed by atoms with Gasteiger partial charge in [-0.25, -0.2) is 0 Å². The fraction of sp³-hybridized carbons (Fsp3) is 0.333. The summed E-state index contributed by atoms with van der Waals surface area (Å²) in [4.78, 5) is 5.17. The maximum Gasteiger partial charge on any atom is 0.268 e. The Kier molecular flexibility index (Phi) is 3.13. The summed E-state index contributed by atoms with van der Waals surface area (Å²) in [6.07, 6.45) is 0. The molecule has 0 fully saturated rings. The highest BCUT2D eigenvalue weighted by Gasteiger charge is 2.15. The van der Waals surface area contributed by atoms with E-state index in [0.717, 1.165) is 14.2 Å². The van der Waals surface area contributed by atoms with Crippen LogP contribution in [-0.2, 0) is 0 Å². The van der Waals surface area contributed by atoms with Gasteiger partial charge in [-0.3, -0.25) is 0 Å². The maximum absolute atomic E-state index is 5.85. The van der Waals surface area contributed by atoms with Crippen molar-refractivity contribution in [2.24, 2.45) is 0 Å². The number of hydrogen-bond donors (Lipinski definition) is 0. The third kappa shape index (κ3) is 2.24. The molecule has 0 saturated carbocycles. The van der Waals surface area contributed by atoms with Gasteiger partial charge in [-0.15, -0.1) is 22.9 Å². The number of aromatic nitrogens is 2. The Morgan fingerprint density at radius 1 is 1.60 bits per heavy atom. The largest absolute Gasteiger partial charge is 0.333 e. The molecule has 0 saturated heterocycles. The predicted octanol–water partition coefficient (Wildman–Crippen LogP) is 4.17. The summed E-state index contributed by atoms with van der Waals surface area (Å²) in [5.41, 5.74) is 1.16. The standard InChI is InChI=1S/C9H8BrClN2OS/c1-4-3-6(15-7(4)10)9-12-8(5(2)11)13-14-9/h3,5H,1-2H3. The van der Waals surface area contributed by atoms with E-state index in [1.165, 1.54) is 0 Å². The summed E-state index contributed by atoms with van der Waals surface area (Å²) in [6.45, 7) is 3.83. The van der Waals surface area contributed by atoms with Crippen molar-refractivity contribution >= 4 is 38.9 Å². The zero-order valence-electron chi connectivity index (χ0n) is 8.12. The molecule has 15 heavy (non-hydrogen) atoms. The number of thiophene rings is 1. The van der Waals surface area contributed by atoms with Gasteiger partial charge in [0.25, 0.3) is 5.89 Å². The minimum Gasteiger partial charge on any atom is -0.333 e. The van der Waals surface area contributed by atoms with Crippen LogP contribution in [0, 0.1) is 6.92 Å². The Morgan fingerprint density at radius 3 is 2.80 bits per heavy atom. The number of rotatable bonds is 2. The van der Waals surface area contributed by atoms with E-state index in [4.69, 9.17) is 16.1 Å². The van der Waals surface area contributed by atoms with E-state index in [2.05, 4.69) is 26.1 Å². The van der Waals surface area contributed by atoms with E-state index in [9.17, 15) is 0 Å². The number of hydrogen-bond acceptors (Lipinski definition) is 4. The Balaban J connectivity index is 2.37. The van der Waals surface area contributed by atoms with Gasteiger partial charge < -0.3 is 4.52 Å². The molecular weight excluding hydrogens is 300 g/mol. The van der Waals surface area contributed by atoms with Crippen LogP contribution < -0.4 is 0 Å². The smallest absolute Gasteiger partial charge is 0.268 e. The van der Waals surface area contributed by atoms with Crippen molar-refractivity contribution in [3.8, 4) is 10.8 Å². The van der Waals surface area contributed by atoms with Crippen molar-refractivity contribution in [2.75, 3.05) is 0 Å². The molecule has 80 valence electrons. The molecule has 2 aromatic heterocycles. The summed E-state index contributed by atoms with van der Waals surface area (Å²) in [6, 6.07) is 2.00. The molecule has 0 aromatic carbocycles. The van der Waals surface area contributed by atoms with Crippen molar-refractivity contribution in [3.05, 3.63) is 21.2 Å². The van der Waals surface area contributed by atoms with Gasteiger partial charge in [0.15, 0.2) is 5.82 Å². The van der Waals surface area contributed by atoms with Gasteiger partial charge in [0.05, 0.1) is 14.0 Å². The quantitative estimate of drug-likeness (QED) is 0.782. The van der Waals surface area contributed by atoms with Gasteiger partial charge >= 0.3 is 0 Å². The lowest BCUT2D eigenvalue weighted by atomic mass is 10.3. The lowest BCUT2D eigenvalue weighted by Crippen LogP contribution is -1.85. The summed E-state index contributed by atoms with van der Waals surface area (Å²) < 4.78 is 6.20. The molecule has 2 heterocycles. The normalized spacial score (nSPS) is 13.1. The highest BCUT2D eigenvalue weighted by molar-refractivity contribution is 9.11. The van der Waals surface area contributed by atoms with Gasteiger partial charge in [-0.05, 0) is 41.4 Å². The summed E-state index contributed by atoms with van der Waals surface area (Å²) in [5, 5.41) is 3.57. The number of halogens is 2. The molecule has 0 aliphatic carbocycles. The van der Waals surface area contributed by atoms with Gasteiger partial charge in [-0.1, -0.05) is 5.16 Å². The molecule has 0 aliphatic rings. The highest BCUT2D eigenvalue weighted by Crippen LogP contribution is 2.34. The summed E-state index contributed by atoms with van der Waals surface area (Å²) in [7, 11) is 0. The lowest BCUT2D eigenvalue weighted by Gasteiger charge is -1.89. The molecule has 0 N–H and O–H groups in total. The minimum absolute atomic E-state index is 0.230. The Morgan fingerprint density at radius 2 is 2.33 bits per heavy atom. The Labute approximate surface area is 105 Å². The fourth-order valence-electron chi connectivity index (χ4n) is 1.06. The van der Waals surface area contributed by atoms with Crippen LogP contribution >= 0.6 is 38.9 Å². The molecule has 1 atom stereocenters. The van der Waals surface area contributed by atoms with E-state index in [1.54, 1.807) is 11.3 Å². The van der Waals surface area contributed by atoms with Gasteiger partial charge in [-0.2, -0.15) is 4.98 Å². The van der Waals surface area contributed by atoms with Gasteiger partial charge in [0, 0.05) is 0 Å². The number of aryl methyl sites for hydroxylation is 1. The van der Waals surface area contributed by atoms with Crippen LogP contribution in [0.25, 0.3) is 10.8 Å². The molecule has 1 unspecified atom stereocenters. The second-order valence-electron chi connectivity index (χ2n) is 3.14. The van der Waals surface area contributed by atoms with Crippen molar-refractivity contribution in [1.82, 2.24) is 10.1 Å². The van der Waals surface area contributed by atoms with E-state index in [1.807, 2.05) is 19.9 Å². The van der Waals surface area contributed by atoms with Crippen LogP contribution in [0.2, 0.25) is 0 Å². The SMILES string of the molecule is Cc1cc(-c2nc(C(C)Cl)no2)sc1Br. The van der Waals surface area contributed by atoms with E-state index in [0.29, 0.717) is 11.7 Å². The van der Waals surface area contributed by atoms with Crippen molar-refractivity contribution < 1.29 is 4.52 Å². The molecular formula is C9H8BrClN2OS. The van der Waals surface area contributed by atoms with Crippen molar-refractivity contribution in [2.45, 2.75) is 19.2 Å². The maximum atomic E-state index is 5.85. The molecule has 6 heteroatoms. The van der Waals surface area contributed by atoms with Crippen LogP contribution in [0.5, 0.6) is 0 Å². The molecule has 0 radical (unpaired) electrons. The Bertz CT molecular complexity index is 461. The minimum atomic E-state index is -0.230. The Hall–Kier alpha value is -0.390. The average molecular weight is 308 g/mol. The first-order valence-electron chi connectivity index (χ1n) is 4.32. The summed E-state index contributed by atoms with van der Waals surface area (Å²) >= 11 is 10.9. The second-order valence-corrected chi connectivity index (χ2v) is 6.17. The van der Waals surface area contributed by atoms with Crippen LogP contribution in [0.15, 0.2) is 14.4 Å². The van der Waals surface area contributed by atoms with Gasteiger partial charge in [0.1, 0.15) is 0 Å². The van der Waals surface area contributed by atoms with E-state index in [-0.39, 0.29) is 5.38 Å². The molecule has 2 rings (SSSR count).